The van der Waals surface area contributed by atoms with Crippen LogP contribution >= 0.6 is 0 Å². The van der Waals surface area contributed by atoms with Gasteiger partial charge < -0.3 is 10.0 Å². The van der Waals surface area contributed by atoms with Gasteiger partial charge in [-0.3, -0.25) is 0 Å². The second kappa shape index (κ2) is 6.89. The van der Waals surface area contributed by atoms with E-state index >= 15 is 0 Å². The fraction of sp³-hybridized carbons (Fsp3) is 0. The molecule has 2 rings (SSSR count). The van der Waals surface area contributed by atoms with Crippen LogP contribution in [0.25, 0.3) is 16.7 Å². The molecule has 0 atom stereocenters. The summed E-state index contributed by atoms with van der Waals surface area (Å²) in [7, 11) is -1.51. The molecular weight excluding hydrogens is 259 g/mol. The molecule has 0 saturated carbocycles. The highest BCUT2D eigenvalue weighted by atomic mass is 16.4. The van der Waals surface area contributed by atoms with E-state index in [0.29, 0.717) is 5.46 Å². The first kappa shape index (κ1) is 15.0. The second-order valence-corrected chi connectivity index (χ2v) is 4.65. The molecule has 0 amide bonds. The SMILES string of the molecule is C=C/C=C(\C=C)c1cc(B(O)O)cc(-c2ccccc2)c1. The first-order chi connectivity index (χ1) is 10.2. The minimum absolute atomic E-state index is 0.447. The highest BCUT2D eigenvalue weighted by molar-refractivity contribution is 6.58. The summed E-state index contributed by atoms with van der Waals surface area (Å²) in [6.45, 7) is 7.48. The Labute approximate surface area is 125 Å². The van der Waals surface area contributed by atoms with Gasteiger partial charge >= 0.3 is 7.12 Å². The molecular formula is C18H17BO2. The quantitative estimate of drug-likeness (QED) is 0.651. The van der Waals surface area contributed by atoms with E-state index in [4.69, 9.17) is 0 Å². The molecule has 21 heavy (non-hydrogen) atoms. The van der Waals surface area contributed by atoms with Crippen LogP contribution in [0.2, 0.25) is 0 Å². The summed E-state index contributed by atoms with van der Waals surface area (Å²) in [6, 6.07) is 15.3. The number of hydrogen-bond acceptors (Lipinski definition) is 2. The van der Waals surface area contributed by atoms with Gasteiger partial charge in [-0.05, 0) is 33.8 Å². The molecule has 0 fully saturated rings. The first-order valence-electron chi connectivity index (χ1n) is 6.67. The molecule has 0 saturated heterocycles. The third kappa shape index (κ3) is 3.60. The monoisotopic (exact) mass is 276 g/mol. The summed E-state index contributed by atoms with van der Waals surface area (Å²) in [5, 5.41) is 19.0. The fourth-order valence-electron chi connectivity index (χ4n) is 2.17. The molecule has 0 heterocycles. The van der Waals surface area contributed by atoms with Gasteiger partial charge in [-0.15, -0.1) is 0 Å². The smallest absolute Gasteiger partial charge is 0.423 e. The lowest BCUT2D eigenvalue weighted by Crippen LogP contribution is -2.30. The van der Waals surface area contributed by atoms with Crippen LogP contribution in [0.1, 0.15) is 5.56 Å². The highest BCUT2D eigenvalue weighted by Crippen LogP contribution is 2.23. The number of allylic oxidation sites excluding steroid dienone is 4. The minimum Gasteiger partial charge on any atom is -0.423 e. The van der Waals surface area contributed by atoms with Gasteiger partial charge in [0.05, 0.1) is 0 Å². The maximum absolute atomic E-state index is 9.49. The summed E-state index contributed by atoms with van der Waals surface area (Å²) in [5.74, 6) is 0. The van der Waals surface area contributed by atoms with E-state index < -0.39 is 7.12 Å². The molecule has 0 aliphatic carbocycles. The largest absolute Gasteiger partial charge is 0.488 e. The predicted octanol–water partition coefficient (Wildman–Crippen LogP) is 2.79. The van der Waals surface area contributed by atoms with Crippen LogP contribution in [-0.2, 0) is 0 Å². The molecule has 2 aromatic carbocycles. The zero-order valence-corrected chi connectivity index (χ0v) is 11.7. The van der Waals surface area contributed by atoms with Crippen molar-refractivity contribution in [3.8, 4) is 11.1 Å². The van der Waals surface area contributed by atoms with Crippen molar-refractivity contribution in [2.24, 2.45) is 0 Å². The van der Waals surface area contributed by atoms with Gasteiger partial charge in [-0.1, -0.05) is 73.9 Å². The van der Waals surface area contributed by atoms with Crippen molar-refractivity contribution in [3.63, 3.8) is 0 Å². The Balaban J connectivity index is 2.62. The number of rotatable bonds is 5. The van der Waals surface area contributed by atoms with Gasteiger partial charge in [0.25, 0.3) is 0 Å². The van der Waals surface area contributed by atoms with Crippen LogP contribution in [0.5, 0.6) is 0 Å². The van der Waals surface area contributed by atoms with Crippen LogP contribution < -0.4 is 5.46 Å². The maximum Gasteiger partial charge on any atom is 0.488 e. The first-order valence-corrected chi connectivity index (χ1v) is 6.67. The summed E-state index contributed by atoms with van der Waals surface area (Å²) < 4.78 is 0. The topological polar surface area (TPSA) is 40.5 Å². The lowest BCUT2D eigenvalue weighted by Gasteiger charge is -2.10. The standard InChI is InChI=1S/C18H17BO2/c1-3-8-14(4-2)16-11-17(13-18(12-16)19(20)21)15-9-6-5-7-10-15/h3-13,20-21H,1-2H2/b14-8+. The Morgan fingerprint density at radius 1 is 0.952 bits per heavy atom. The molecule has 0 unspecified atom stereocenters. The molecule has 0 aromatic heterocycles. The van der Waals surface area contributed by atoms with Gasteiger partial charge in [0, 0.05) is 0 Å². The third-order valence-electron chi connectivity index (χ3n) is 3.21. The average Bonchev–Trinajstić information content (AvgIpc) is 2.53. The van der Waals surface area contributed by atoms with Gasteiger partial charge in [-0.2, -0.15) is 0 Å². The zero-order valence-electron chi connectivity index (χ0n) is 11.7. The van der Waals surface area contributed by atoms with Crippen LogP contribution in [0.4, 0.5) is 0 Å². The van der Waals surface area contributed by atoms with Gasteiger partial charge in [0.2, 0.25) is 0 Å². The molecule has 104 valence electrons. The van der Waals surface area contributed by atoms with Crippen molar-refractivity contribution in [2.45, 2.75) is 0 Å². The lowest BCUT2D eigenvalue weighted by atomic mass is 9.77. The van der Waals surface area contributed by atoms with Crippen molar-refractivity contribution in [3.05, 3.63) is 85.5 Å². The molecule has 2 aromatic rings. The average molecular weight is 276 g/mol. The van der Waals surface area contributed by atoms with E-state index in [1.54, 1.807) is 24.3 Å². The van der Waals surface area contributed by atoms with Crippen molar-refractivity contribution in [1.82, 2.24) is 0 Å². The minimum atomic E-state index is -1.51. The summed E-state index contributed by atoms with van der Waals surface area (Å²) in [6.07, 6.45) is 5.24. The van der Waals surface area contributed by atoms with E-state index in [1.165, 1.54) is 0 Å². The van der Waals surface area contributed by atoms with Crippen LogP contribution in [0.3, 0.4) is 0 Å². The Morgan fingerprint density at radius 2 is 1.67 bits per heavy atom. The predicted molar refractivity (Wildman–Crippen MR) is 90.1 cm³/mol. The molecule has 2 nitrogen and oxygen atoms in total. The molecule has 3 heteroatoms. The highest BCUT2D eigenvalue weighted by Gasteiger charge is 2.14. The van der Waals surface area contributed by atoms with Crippen molar-refractivity contribution in [1.29, 1.82) is 0 Å². The summed E-state index contributed by atoms with van der Waals surface area (Å²) in [5.41, 5.74) is 4.14. The second-order valence-electron chi connectivity index (χ2n) is 4.65. The number of benzene rings is 2. The van der Waals surface area contributed by atoms with Crippen molar-refractivity contribution in [2.75, 3.05) is 0 Å². The van der Waals surface area contributed by atoms with Crippen LogP contribution in [0, 0.1) is 0 Å². The zero-order chi connectivity index (χ0) is 15.2. The molecule has 0 bridgehead atoms. The van der Waals surface area contributed by atoms with E-state index in [9.17, 15) is 10.0 Å². The summed E-state index contributed by atoms with van der Waals surface area (Å²) >= 11 is 0. The Morgan fingerprint density at radius 3 is 2.24 bits per heavy atom. The van der Waals surface area contributed by atoms with Gasteiger partial charge in [0.15, 0.2) is 0 Å². The maximum atomic E-state index is 9.49. The molecule has 0 aliphatic heterocycles. The van der Waals surface area contributed by atoms with Gasteiger partial charge in [-0.25, -0.2) is 0 Å². The van der Waals surface area contributed by atoms with E-state index in [2.05, 4.69) is 13.2 Å². The van der Waals surface area contributed by atoms with Gasteiger partial charge in [0.1, 0.15) is 0 Å². The lowest BCUT2D eigenvalue weighted by molar-refractivity contribution is 0.426. The normalized spacial score (nSPS) is 11.0. The van der Waals surface area contributed by atoms with Crippen LogP contribution in [-0.4, -0.2) is 17.2 Å². The Kier molecular flexibility index (Phi) is 4.93. The Hall–Kier alpha value is -2.36. The number of hydrogen-bond donors (Lipinski definition) is 2. The Bertz CT molecular complexity index is 673. The third-order valence-corrected chi connectivity index (χ3v) is 3.21. The molecule has 0 radical (unpaired) electrons. The van der Waals surface area contributed by atoms with Crippen molar-refractivity contribution >= 4 is 18.2 Å². The fourth-order valence-corrected chi connectivity index (χ4v) is 2.17. The molecule has 0 aliphatic rings. The van der Waals surface area contributed by atoms with E-state index in [-0.39, 0.29) is 0 Å². The van der Waals surface area contributed by atoms with E-state index in [1.807, 2.05) is 42.5 Å². The van der Waals surface area contributed by atoms with Crippen LogP contribution in [0.15, 0.2) is 79.9 Å². The summed E-state index contributed by atoms with van der Waals surface area (Å²) in [4.78, 5) is 0. The van der Waals surface area contributed by atoms with Crippen molar-refractivity contribution < 1.29 is 10.0 Å². The molecule has 2 N–H and O–H groups in total. The molecule has 0 spiro atoms. The van der Waals surface area contributed by atoms with E-state index in [0.717, 1.165) is 22.3 Å².